The Labute approximate surface area is 165 Å². The molecular weight excluding hydrogens is 380 g/mol. The highest BCUT2D eigenvalue weighted by Gasteiger charge is 2.21. The Kier molecular flexibility index (Phi) is 5.84. The third-order valence-electron chi connectivity index (χ3n) is 4.11. The summed E-state index contributed by atoms with van der Waals surface area (Å²) in [6.45, 7) is 4.06. The number of para-hydroxylation sites is 1. The van der Waals surface area contributed by atoms with Gasteiger partial charge in [0.25, 0.3) is 5.56 Å². The van der Waals surface area contributed by atoms with E-state index in [0.717, 1.165) is 4.88 Å². The lowest BCUT2D eigenvalue weighted by molar-refractivity contribution is -0.116. The second kappa shape index (κ2) is 8.30. The lowest BCUT2D eigenvalue weighted by atomic mass is 10.1. The van der Waals surface area contributed by atoms with Crippen molar-refractivity contribution < 1.29 is 14.3 Å². The normalized spacial score (nSPS) is 11.0. The van der Waals surface area contributed by atoms with Crippen molar-refractivity contribution >= 4 is 39.2 Å². The second-order valence-electron chi connectivity index (χ2n) is 6.44. The Bertz CT molecular complexity index is 1090. The summed E-state index contributed by atoms with van der Waals surface area (Å²) in [4.78, 5) is 45.8. The molecule has 1 N–H and O–H groups in total. The third-order valence-corrected chi connectivity index (χ3v) is 5.39. The molecule has 0 aliphatic carbocycles. The summed E-state index contributed by atoms with van der Waals surface area (Å²) >= 11 is 1.24. The molecule has 3 aromatic rings. The van der Waals surface area contributed by atoms with Crippen LogP contribution in [0.3, 0.4) is 0 Å². The van der Waals surface area contributed by atoms with Crippen LogP contribution in [0.2, 0.25) is 0 Å². The third kappa shape index (κ3) is 4.09. The average Bonchev–Trinajstić information content (AvgIpc) is 3.11. The lowest BCUT2D eigenvalue weighted by Gasteiger charge is -2.06. The molecule has 2 aromatic heterocycles. The predicted octanol–water partition coefficient (Wildman–Crippen LogP) is 2.79. The van der Waals surface area contributed by atoms with E-state index in [4.69, 9.17) is 4.74 Å². The quantitative estimate of drug-likeness (QED) is 0.638. The van der Waals surface area contributed by atoms with Gasteiger partial charge in [-0.15, -0.1) is 11.3 Å². The van der Waals surface area contributed by atoms with Crippen molar-refractivity contribution in [2.24, 2.45) is 0 Å². The molecule has 9 heteroatoms. The average molecular weight is 400 g/mol. The zero-order valence-electron chi connectivity index (χ0n) is 15.8. The number of benzene rings is 1. The number of aromatic nitrogens is 3. The van der Waals surface area contributed by atoms with Crippen molar-refractivity contribution in [3.8, 4) is 0 Å². The highest BCUT2D eigenvalue weighted by Crippen LogP contribution is 2.30. The first-order valence-corrected chi connectivity index (χ1v) is 9.55. The molecule has 0 atom stereocenters. The summed E-state index contributed by atoms with van der Waals surface area (Å²) in [5.41, 5.74) is 0.642. The molecule has 0 aliphatic rings. The smallest absolute Gasteiger partial charge is 0.357 e. The Balaban J connectivity index is 1.71. The van der Waals surface area contributed by atoms with Gasteiger partial charge in [-0.05, 0) is 18.1 Å². The zero-order valence-corrected chi connectivity index (χ0v) is 16.6. The summed E-state index contributed by atoms with van der Waals surface area (Å²) < 4.78 is 6.15. The summed E-state index contributed by atoms with van der Waals surface area (Å²) in [6, 6.07) is 7.06. The topological polar surface area (TPSA) is 103 Å². The maximum absolute atomic E-state index is 12.5. The number of aryl methyl sites for hydroxylation is 1. The number of carbonyl (C=O) groups excluding carboxylic acids is 2. The number of rotatable bonds is 6. The van der Waals surface area contributed by atoms with Crippen LogP contribution in [0, 0.1) is 0 Å². The standard InChI is InChI=1S/C19H20N4O4S/c1-11(2)16-15(18(26)27-3)22-19(28-16)21-14(24)8-9-23-10-20-13-7-5-4-6-12(13)17(23)25/h4-7,10-11H,8-9H2,1-3H3,(H,21,22,24). The number of carbonyl (C=O) groups is 2. The fourth-order valence-corrected chi connectivity index (χ4v) is 3.66. The highest BCUT2D eigenvalue weighted by molar-refractivity contribution is 7.16. The van der Waals surface area contributed by atoms with Gasteiger partial charge in [0.15, 0.2) is 10.8 Å². The lowest BCUT2D eigenvalue weighted by Crippen LogP contribution is -2.23. The van der Waals surface area contributed by atoms with Gasteiger partial charge < -0.3 is 10.1 Å². The summed E-state index contributed by atoms with van der Waals surface area (Å²) in [5, 5.41) is 3.53. The fourth-order valence-electron chi connectivity index (χ4n) is 2.69. The van der Waals surface area contributed by atoms with Crippen molar-refractivity contribution in [2.75, 3.05) is 12.4 Å². The van der Waals surface area contributed by atoms with Crippen molar-refractivity contribution in [2.45, 2.75) is 32.7 Å². The molecule has 146 valence electrons. The van der Waals surface area contributed by atoms with Crippen LogP contribution in [0.5, 0.6) is 0 Å². The minimum Gasteiger partial charge on any atom is -0.464 e. The molecule has 1 aromatic carbocycles. The number of hydrogen-bond donors (Lipinski definition) is 1. The first kappa shape index (κ1) is 19.7. The Morgan fingerprint density at radius 1 is 1.29 bits per heavy atom. The molecule has 0 spiro atoms. The van der Waals surface area contributed by atoms with Crippen LogP contribution in [0.1, 0.15) is 41.6 Å². The second-order valence-corrected chi connectivity index (χ2v) is 7.47. The summed E-state index contributed by atoms with van der Waals surface area (Å²) in [5.74, 6) is -0.769. The number of ether oxygens (including phenoxy) is 1. The van der Waals surface area contributed by atoms with Crippen molar-refractivity contribution in [3.05, 3.63) is 51.5 Å². The van der Waals surface area contributed by atoms with Gasteiger partial charge in [0, 0.05) is 17.8 Å². The van der Waals surface area contributed by atoms with Crippen LogP contribution in [-0.2, 0) is 16.1 Å². The molecule has 1 amide bonds. The first-order valence-electron chi connectivity index (χ1n) is 8.73. The van der Waals surface area contributed by atoms with Gasteiger partial charge in [0.05, 0.1) is 24.3 Å². The number of esters is 1. The summed E-state index contributed by atoms with van der Waals surface area (Å²) in [7, 11) is 1.29. The number of nitrogens with one attached hydrogen (secondary N) is 1. The van der Waals surface area contributed by atoms with Gasteiger partial charge in [0.1, 0.15) is 0 Å². The fraction of sp³-hybridized carbons (Fsp3) is 0.316. The molecule has 0 bridgehead atoms. The number of hydrogen-bond acceptors (Lipinski definition) is 7. The molecule has 8 nitrogen and oxygen atoms in total. The Morgan fingerprint density at radius 3 is 2.75 bits per heavy atom. The number of thiazole rings is 1. The molecule has 0 fully saturated rings. The van der Waals surface area contributed by atoms with E-state index >= 15 is 0 Å². The van der Waals surface area contributed by atoms with Gasteiger partial charge in [-0.25, -0.2) is 14.8 Å². The molecule has 3 rings (SSSR count). The molecule has 0 unspecified atom stereocenters. The monoisotopic (exact) mass is 400 g/mol. The Morgan fingerprint density at radius 2 is 2.04 bits per heavy atom. The van der Waals surface area contributed by atoms with Crippen LogP contribution >= 0.6 is 11.3 Å². The van der Waals surface area contributed by atoms with E-state index in [1.807, 2.05) is 19.9 Å². The molecule has 0 saturated heterocycles. The largest absolute Gasteiger partial charge is 0.464 e. The first-order chi connectivity index (χ1) is 13.4. The van der Waals surface area contributed by atoms with E-state index in [1.54, 1.807) is 18.2 Å². The summed E-state index contributed by atoms with van der Waals surface area (Å²) in [6.07, 6.45) is 1.51. The molecule has 0 radical (unpaired) electrons. The molecule has 2 heterocycles. The van der Waals surface area contributed by atoms with Crippen molar-refractivity contribution in [3.63, 3.8) is 0 Å². The van der Waals surface area contributed by atoms with Crippen LogP contribution in [-0.4, -0.2) is 33.5 Å². The van der Waals surface area contributed by atoms with Crippen LogP contribution in [0.15, 0.2) is 35.4 Å². The SMILES string of the molecule is COC(=O)c1nc(NC(=O)CCn2cnc3ccccc3c2=O)sc1C(C)C. The van der Waals surface area contributed by atoms with E-state index in [1.165, 1.54) is 29.3 Å². The van der Waals surface area contributed by atoms with Gasteiger partial charge in [-0.2, -0.15) is 0 Å². The van der Waals surface area contributed by atoms with E-state index in [2.05, 4.69) is 15.3 Å². The van der Waals surface area contributed by atoms with Gasteiger partial charge in [-0.3, -0.25) is 14.2 Å². The predicted molar refractivity (Wildman–Crippen MR) is 107 cm³/mol. The molecule has 0 saturated carbocycles. The molecule has 0 aliphatic heterocycles. The van der Waals surface area contributed by atoms with Gasteiger partial charge in [0.2, 0.25) is 5.91 Å². The number of methoxy groups -OCH3 is 1. The number of fused-ring (bicyclic) bond motifs is 1. The van der Waals surface area contributed by atoms with Gasteiger partial charge in [-0.1, -0.05) is 26.0 Å². The highest BCUT2D eigenvalue weighted by atomic mass is 32.1. The minimum absolute atomic E-state index is 0.0690. The van der Waals surface area contributed by atoms with E-state index in [0.29, 0.717) is 16.0 Å². The molecular formula is C19H20N4O4S. The maximum atomic E-state index is 12.5. The van der Waals surface area contributed by atoms with Crippen molar-refractivity contribution in [1.82, 2.24) is 14.5 Å². The zero-order chi connectivity index (χ0) is 20.3. The maximum Gasteiger partial charge on any atom is 0.357 e. The number of anilines is 1. The minimum atomic E-state index is -0.533. The number of amides is 1. The van der Waals surface area contributed by atoms with Crippen LogP contribution in [0.4, 0.5) is 5.13 Å². The van der Waals surface area contributed by atoms with Crippen LogP contribution < -0.4 is 10.9 Å². The molecule has 28 heavy (non-hydrogen) atoms. The van der Waals surface area contributed by atoms with E-state index in [-0.39, 0.29) is 36.0 Å². The van der Waals surface area contributed by atoms with E-state index in [9.17, 15) is 14.4 Å². The van der Waals surface area contributed by atoms with Gasteiger partial charge >= 0.3 is 5.97 Å². The number of nitrogens with zero attached hydrogens (tertiary/aromatic N) is 3. The van der Waals surface area contributed by atoms with Crippen molar-refractivity contribution in [1.29, 1.82) is 0 Å². The Hall–Kier alpha value is -3.07. The van der Waals surface area contributed by atoms with Crippen LogP contribution in [0.25, 0.3) is 10.9 Å². The van der Waals surface area contributed by atoms with E-state index < -0.39 is 5.97 Å².